The number of rotatable bonds is 10. The van der Waals surface area contributed by atoms with E-state index in [2.05, 4.69) is 4.72 Å². The summed E-state index contributed by atoms with van der Waals surface area (Å²) in [5.74, 6) is -1.29. The third kappa shape index (κ3) is 8.35. The summed E-state index contributed by atoms with van der Waals surface area (Å²) in [6, 6.07) is 12.9. The lowest BCUT2D eigenvalue weighted by Gasteiger charge is -2.44. The van der Waals surface area contributed by atoms with Gasteiger partial charge in [0.15, 0.2) is 0 Å². The second-order valence-electron chi connectivity index (χ2n) is 11.4. The van der Waals surface area contributed by atoms with Gasteiger partial charge >= 0.3 is 5.97 Å². The zero-order valence-electron chi connectivity index (χ0n) is 23.5. The van der Waals surface area contributed by atoms with Crippen LogP contribution >= 0.6 is 0 Å². The van der Waals surface area contributed by atoms with E-state index in [9.17, 15) is 23.1 Å². The zero-order chi connectivity index (χ0) is 29.0. The first-order chi connectivity index (χ1) is 18.2. The molecule has 0 spiro atoms. The number of aryl methyl sites for hydroxylation is 1. The van der Waals surface area contributed by atoms with Gasteiger partial charge in [0.2, 0.25) is 15.9 Å². The van der Waals surface area contributed by atoms with E-state index in [0.717, 1.165) is 11.1 Å². The number of hydrogen-bond donors (Lipinski definition) is 2. The summed E-state index contributed by atoms with van der Waals surface area (Å²) in [7, 11) is -4.18. The smallest absolute Gasteiger partial charge is 0.329 e. The molecule has 1 heterocycles. The molecule has 0 aromatic heterocycles. The Kier molecular flexibility index (Phi) is 9.93. The van der Waals surface area contributed by atoms with Crippen LogP contribution < -0.4 is 4.72 Å². The Hall–Kier alpha value is -2.79. The fourth-order valence-electron chi connectivity index (χ4n) is 4.38. The van der Waals surface area contributed by atoms with E-state index in [-0.39, 0.29) is 24.0 Å². The number of amides is 1. The SMILES string of the molecule is Cc1ccc(S(=O)(=O)N[C@@H]2C(=O)N([C@@H](CC(C)C)C(=O)OC(C)(C)C)C[C@@H](OCc3ccccc3)[C@H]2O)cc1. The van der Waals surface area contributed by atoms with Crippen molar-refractivity contribution in [2.45, 2.75) is 89.4 Å². The number of sulfonamides is 1. The normalized spacial score (nSPS) is 21.2. The van der Waals surface area contributed by atoms with Gasteiger partial charge in [0.1, 0.15) is 29.9 Å². The maximum absolute atomic E-state index is 13.8. The van der Waals surface area contributed by atoms with Gasteiger partial charge in [0, 0.05) is 0 Å². The minimum atomic E-state index is -4.18. The fourth-order valence-corrected chi connectivity index (χ4v) is 5.59. The molecule has 0 saturated carbocycles. The number of nitrogens with one attached hydrogen (secondary N) is 1. The maximum atomic E-state index is 13.8. The van der Waals surface area contributed by atoms with Crippen LogP contribution in [0, 0.1) is 12.8 Å². The summed E-state index contributed by atoms with van der Waals surface area (Å²) in [6.07, 6.45) is -2.17. The number of nitrogens with zero attached hydrogens (tertiary/aromatic N) is 1. The highest BCUT2D eigenvalue weighted by Crippen LogP contribution is 2.26. The lowest BCUT2D eigenvalue weighted by Crippen LogP contribution is -2.67. The molecule has 0 aliphatic carbocycles. The van der Waals surface area contributed by atoms with Crippen LogP contribution in [0.5, 0.6) is 0 Å². The summed E-state index contributed by atoms with van der Waals surface area (Å²) in [5, 5.41) is 11.2. The highest BCUT2D eigenvalue weighted by molar-refractivity contribution is 7.89. The predicted molar refractivity (Wildman–Crippen MR) is 147 cm³/mol. The first-order valence-corrected chi connectivity index (χ1v) is 14.6. The number of piperidine rings is 1. The van der Waals surface area contributed by atoms with Crippen LogP contribution in [0.2, 0.25) is 0 Å². The molecule has 2 N–H and O–H groups in total. The summed E-state index contributed by atoms with van der Waals surface area (Å²) < 4.78 is 40.5. The van der Waals surface area contributed by atoms with Gasteiger partial charge < -0.3 is 19.5 Å². The van der Waals surface area contributed by atoms with Gasteiger partial charge in [-0.05, 0) is 57.7 Å². The number of hydrogen-bond acceptors (Lipinski definition) is 7. The van der Waals surface area contributed by atoms with Crippen LogP contribution in [0.4, 0.5) is 0 Å². The second-order valence-corrected chi connectivity index (χ2v) is 13.1. The molecule has 1 fully saturated rings. The van der Waals surface area contributed by atoms with Crippen LogP contribution in [0.1, 0.15) is 52.2 Å². The average Bonchev–Trinajstić information content (AvgIpc) is 2.84. The lowest BCUT2D eigenvalue weighted by molar-refractivity contribution is -0.175. The Morgan fingerprint density at radius 1 is 1.10 bits per heavy atom. The third-order valence-corrected chi connectivity index (χ3v) is 7.78. The summed E-state index contributed by atoms with van der Waals surface area (Å²) in [5.41, 5.74) is 0.924. The molecule has 39 heavy (non-hydrogen) atoms. The van der Waals surface area contributed by atoms with Crippen LogP contribution in [0.25, 0.3) is 0 Å². The van der Waals surface area contributed by atoms with E-state index in [1.165, 1.54) is 17.0 Å². The summed E-state index contributed by atoms with van der Waals surface area (Å²) >= 11 is 0. The quantitative estimate of drug-likeness (QED) is 0.428. The van der Waals surface area contributed by atoms with Crippen molar-refractivity contribution in [3.8, 4) is 0 Å². The number of aliphatic hydroxyl groups excluding tert-OH is 1. The van der Waals surface area contributed by atoms with Crippen LogP contribution in [-0.4, -0.2) is 66.7 Å². The third-order valence-electron chi connectivity index (χ3n) is 6.32. The van der Waals surface area contributed by atoms with Gasteiger partial charge in [-0.3, -0.25) is 4.79 Å². The van der Waals surface area contributed by atoms with E-state index >= 15 is 0 Å². The van der Waals surface area contributed by atoms with E-state index < -0.39 is 51.8 Å². The molecule has 10 heteroatoms. The molecule has 4 atom stereocenters. The molecule has 1 aliphatic rings. The zero-order valence-corrected chi connectivity index (χ0v) is 24.3. The first kappa shape index (κ1) is 30.7. The Labute approximate surface area is 231 Å². The Bertz CT molecular complexity index is 1220. The van der Waals surface area contributed by atoms with Gasteiger partial charge in [0.05, 0.1) is 18.0 Å². The molecule has 0 unspecified atom stereocenters. The highest BCUT2D eigenvalue weighted by Gasteiger charge is 2.48. The van der Waals surface area contributed by atoms with Gasteiger partial charge in [-0.1, -0.05) is 61.9 Å². The fraction of sp³-hybridized carbons (Fsp3) is 0.517. The van der Waals surface area contributed by atoms with Crippen molar-refractivity contribution in [1.29, 1.82) is 0 Å². The molecular weight excluding hydrogens is 520 g/mol. The van der Waals surface area contributed by atoms with Crippen LogP contribution in [-0.2, 0) is 35.7 Å². The topological polar surface area (TPSA) is 122 Å². The molecular formula is C29H40N2O7S. The highest BCUT2D eigenvalue weighted by atomic mass is 32.2. The number of aliphatic hydroxyl groups is 1. The standard InChI is InChI=1S/C29H40N2O7S/c1-19(2)16-23(28(34)38-29(4,5)6)31-17-24(37-18-21-10-8-7-9-11-21)26(32)25(27(31)33)30-39(35,36)22-14-12-20(3)13-15-22/h7-15,19,23-26,30,32H,16-18H2,1-6H3/t23-,24+,25-,26+/m0/s1. The largest absolute Gasteiger partial charge is 0.458 e. The first-order valence-electron chi connectivity index (χ1n) is 13.1. The van der Waals surface area contributed by atoms with E-state index in [4.69, 9.17) is 9.47 Å². The van der Waals surface area contributed by atoms with Crippen molar-refractivity contribution in [3.63, 3.8) is 0 Å². The monoisotopic (exact) mass is 560 g/mol. The molecule has 1 amide bonds. The number of benzene rings is 2. The van der Waals surface area contributed by atoms with Crippen molar-refractivity contribution in [1.82, 2.24) is 9.62 Å². The summed E-state index contributed by atoms with van der Waals surface area (Å²) in [4.78, 5) is 28.3. The second kappa shape index (κ2) is 12.6. The number of carbonyl (C=O) groups excluding carboxylic acids is 2. The van der Waals surface area contributed by atoms with Crippen molar-refractivity contribution < 1.29 is 32.6 Å². The van der Waals surface area contributed by atoms with Crippen LogP contribution in [0.3, 0.4) is 0 Å². The number of esters is 1. The van der Waals surface area contributed by atoms with Crippen molar-refractivity contribution in [2.75, 3.05) is 6.54 Å². The van der Waals surface area contributed by atoms with Gasteiger partial charge in [-0.25, -0.2) is 13.2 Å². The molecule has 0 bridgehead atoms. The number of ether oxygens (including phenoxy) is 2. The van der Waals surface area contributed by atoms with Gasteiger partial charge in [-0.2, -0.15) is 4.72 Å². The van der Waals surface area contributed by atoms with Crippen molar-refractivity contribution in [2.24, 2.45) is 5.92 Å². The Balaban J connectivity index is 1.96. The molecule has 2 aromatic carbocycles. The van der Waals surface area contributed by atoms with E-state index in [1.807, 2.05) is 51.1 Å². The molecule has 0 radical (unpaired) electrons. The Morgan fingerprint density at radius 2 is 1.72 bits per heavy atom. The molecule has 2 aromatic rings. The Morgan fingerprint density at radius 3 is 2.28 bits per heavy atom. The van der Waals surface area contributed by atoms with Gasteiger partial charge in [0.25, 0.3) is 0 Å². The number of likely N-dealkylation sites (tertiary alicyclic amines) is 1. The van der Waals surface area contributed by atoms with Gasteiger partial charge in [-0.15, -0.1) is 0 Å². The average molecular weight is 561 g/mol. The molecule has 214 valence electrons. The molecule has 3 rings (SSSR count). The maximum Gasteiger partial charge on any atom is 0.329 e. The molecule has 1 aliphatic heterocycles. The van der Waals surface area contributed by atoms with E-state index in [1.54, 1.807) is 32.9 Å². The number of carbonyl (C=O) groups is 2. The van der Waals surface area contributed by atoms with Crippen molar-refractivity contribution >= 4 is 21.9 Å². The minimum absolute atomic E-state index is 0.0218. The molecule has 9 nitrogen and oxygen atoms in total. The minimum Gasteiger partial charge on any atom is -0.458 e. The van der Waals surface area contributed by atoms with Crippen molar-refractivity contribution in [3.05, 3.63) is 65.7 Å². The summed E-state index contributed by atoms with van der Waals surface area (Å²) in [6.45, 7) is 10.9. The molecule has 1 saturated heterocycles. The van der Waals surface area contributed by atoms with Crippen LogP contribution in [0.15, 0.2) is 59.5 Å². The predicted octanol–water partition coefficient (Wildman–Crippen LogP) is 3.19. The van der Waals surface area contributed by atoms with E-state index in [0.29, 0.717) is 6.42 Å². The lowest BCUT2D eigenvalue weighted by atomic mass is 9.94.